The van der Waals surface area contributed by atoms with Gasteiger partial charge in [-0.3, -0.25) is 4.79 Å². The van der Waals surface area contributed by atoms with Gasteiger partial charge < -0.3 is 11.1 Å². The number of nitrogens with two attached hydrogens (primary N) is 1. The average Bonchev–Trinajstić information content (AvgIpc) is 2.35. The second-order valence-corrected chi connectivity index (χ2v) is 5.87. The highest BCUT2D eigenvalue weighted by Crippen LogP contribution is 2.16. The quantitative estimate of drug-likeness (QED) is 0.739. The number of amides is 1. The van der Waals surface area contributed by atoms with Gasteiger partial charge in [0, 0.05) is 32.7 Å². The summed E-state index contributed by atoms with van der Waals surface area (Å²) < 4.78 is 25.4. The summed E-state index contributed by atoms with van der Waals surface area (Å²) in [4.78, 5) is 11.2. The Balaban J connectivity index is 2.83. The Labute approximate surface area is 107 Å². The van der Waals surface area contributed by atoms with E-state index in [4.69, 9.17) is 5.73 Å². The van der Waals surface area contributed by atoms with Gasteiger partial charge in [0.15, 0.2) is 0 Å². The molecule has 6 nitrogen and oxygen atoms in total. The van der Waals surface area contributed by atoms with Crippen molar-refractivity contribution in [1.82, 2.24) is 9.62 Å². The fourth-order valence-corrected chi connectivity index (χ4v) is 2.59. The first-order valence-corrected chi connectivity index (χ1v) is 6.84. The minimum atomic E-state index is -3.59. The first kappa shape index (κ1) is 14.5. The van der Waals surface area contributed by atoms with Gasteiger partial charge >= 0.3 is 0 Å². The van der Waals surface area contributed by atoms with Crippen LogP contribution in [0.15, 0.2) is 29.2 Å². The van der Waals surface area contributed by atoms with Gasteiger partial charge in [0.25, 0.3) is 0 Å². The molecule has 0 saturated heterocycles. The SMILES string of the molecule is CNC(=O)CCN(C)S(=O)(=O)c1cccc(N)c1. The lowest BCUT2D eigenvalue weighted by molar-refractivity contribution is -0.120. The van der Waals surface area contributed by atoms with Crippen molar-refractivity contribution in [3.05, 3.63) is 24.3 Å². The van der Waals surface area contributed by atoms with Gasteiger partial charge in [-0.2, -0.15) is 0 Å². The van der Waals surface area contributed by atoms with Crippen LogP contribution in [-0.2, 0) is 14.8 Å². The van der Waals surface area contributed by atoms with Crippen LogP contribution in [0, 0.1) is 0 Å². The molecule has 1 rings (SSSR count). The van der Waals surface area contributed by atoms with Crippen LogP contribution in [0.3, 0.4) is 0 Å². The number of rotatable bonds is 5. The molecule has 1 aromatic carbocycles. The molecule has 0 aliphatic carbocycles. The normalized spacial score (nSPS) is 11.5. The number of carbonyl (C=O) groups excluding carboxylic acids is 1. The van der Waals surface area contributed by atoms with Crippen molar-refractivity contribution in [2.45, 2.75) is 11.3 Å². The summed E-state index contributed by atoms with van der Waals surface area (Å²) >= 11 is 0. The standard InChI is InChI=1S/C11H17N3O3S/c1-13-11(15)6-7-14(2)18(16,17)10-5-3-4-9(12)8-10/h3-5,8H,6-7,12H2,1-2H3,(H,13,15). The van der Waals surface area contributed by atoms with E-state index >= 15 is 0 Å². The molecular formula is C11H17N3O3S. The van der Waals surface area contributed by atoms with Gasteiger partial charge in [0.1, 0.15) is 0 Å². The maximum Gasteiger partial charge on any atom is 0.242 e. The lowest BCUT2D eigenvalue weighted by atomic mass is 10.3. The predicted molar refractivity (Wildman–Crippen MR) is 69.4 cm³/mol. The molecule has 18 heavy (non-hydrogen) atoms. The number of nitrogen functional groups attached to an aromatic ring is 1. The van der Waals surface area contributed by atoms with Crippen molar-refractivity contribution in [3.8, 4) is 0 Å². The second kappa shape index (κ2) is 5.83. The minimum absolute atomic E-state index is 0.120. The molecule has 0 radical (unpaired) electrons. The van der Waals surface area contributed by atoms with Crippen LogP contribution in [0.4, 0.5) is 5.69 Å². The number of hydrogen-bond acceptors (Lipinski definition) is 4. The van der Waals surface area contributed by atoms with Gasteiger partial charge in [0.2, 0.25) is 15.9 Å². The van der Waals surface area contributed by atoms with Crippen LogP contribution in [-0.4, -0.2) is 39.3 Å². The molecular weight excluding hydrogens is 254 g/mol. The molecule has 0 spiro atoms. The van der Waals surface area contributed by atoms with E-state index < -0.39 is 10.0 Å². The Bertz CT molecular complexity index is 528. The highest BCUT2D eigenvalue weighted by atomic mass is 32.2. The highest BCUT2D eigenvalue weighted by molar-refractivity contribution is 7.89. The number of anilines is 1. The molecule has 0 aliphatic heterocycles. The van der Waals surface area contributed by atoms with Crippen LogP contribution < -0.4 is 11.1 Å². The number of carbonyl (C=O) groups is 1. The Morgan fingerprint density at radius 1 is 1.44 bits per heavy atom. The fourth-order valence-electron chi connectivity index (χ4n) is 1.36. The molecule has 0 atom stereocenters. The molecule has 0 bridgehead atoms. The molecule has 1 amide bonds. The third-order valence-corrected chi connectivity index (χ3v) is 4.35. The molecule has 3 N–H and O–H groups in total. The van der Waals surface area contributed by atoms with E-state index in [0.29, 0.717) is 5.69 Å². The molecule has 0 aromatic heterocycles. The summed E-state index contributed by atoms with van der Waals surface area (Å²) in [5.41, 5.74) is 5.94. The van der Waals surface area contributed by atoms with E-state index in [9.17, 15) is 13.2 Å². The number of nitrogens with one attached hydrogen (secondary N) is 1. The van der Waals surface area contributed by atoms with Gasteiger partial charge in [-0.1, -0.05) is 6.07 Å². The van der Waals surface area contributed by atoms with Crippen molar-refractivity contribution >= 4 is 21.6 Å². The Morgan fingerprint density at radius 2 is 2.11 bits per heavy atom. The molecule has 0 aliphatic rings. The van der Waals surface area contributed by atoms with Crippen LogP contribution in [0.2, 0.25) is 0 Å². The second-order valence-electron chi connectivity index (χ2n) is 3.82. The Hall–Kier alpha value is -1.60. The highest BCUT2D eigenvalue weighted by Gasteiger charge is 2.21. The third-order valence-electron chi connectivity index (χ3n) is 2.50. The van der Waals surface area contributed by atoms with Crippen LogP contribution in [0.5, 0.6) is 0 Å². The predicted octanol–water partition coefficient (Wildman–Crippen LogP) is 0.0254. The van der Waals surface area contributed by atoms with E-state index in [1.54, 1.807) is 12.1 Å². The van der Waals surface area contributed by atoms with E-state index in [0.717, 1.165) is 4.31 Å². The van der Waals surface area contributed by atoms with Crippen LogP contribution >= 0.6 is 0 Å². The van der Waals surface area contributed by atoms with Crippen LogP contribution in [0.1, 0.15) is 6.42 Å². The summed E-state index contributed by atoms with van der Waals surface area (Å²) in [7, 11) is -0.651. The van der Waals surface area contributed by atoms with E-state index in [2.05, 4.69) is 5.32 Å². The molecule has 0 fully saturated rings. The lowest BCUT2D eigenvalue weighted by Gasteiger charge is -2.16. The first-order chi connectivity index (χ1) is 8.37. The number of benzene rings is 1. The van der Waals surface area contributed by atoms with Crippen LogP contribution in [0.25, 0.3) is 0 Å². The van der Waals surface area contributed by atoms with Gasteiger partial charge in [-0.15, -0.1) is 0 Å². The smallest absolute Gasteiger partial charge is 0.242 e. The zero-order valence-electron chi connectivity index (χ0n) is 10.4. The van der Waals surface area contributed by atoms with Crippen molar-refractivity contribution < 1.29 is 13.2 Å². The summed E-state index contributed by atoms with van der Waals surface area (Å²) in [6.07, 6.45) is 0.120. The summed E-state index contributed by atoms with van der Waals surface area (Å²) in [6.45, 7) is 0.122. The zero-order chi connectivity index (χ0) is 13.8. The molecule has 0 heterocycles. The maximum atomic E-state index is 12.1. The number of hydrogen-bond donors (Lipinski definition) is 2. The zero-order valence-corrected chi connectivity index (χ0v) is 11.2. The fraction of sp³-hybridized carbons (Fsp3) is 0.364. The van der Waals surface area contributed by atoms with Gasteiger partial charge in [0.05, 0.1) is 4.90 Å². The molecule has 0 unspecified atom stereocenters. The lowest BCUT2D eigenvalue weighted by Crippen LogP contribution is -2.31. The van der Waals surface area contributed by atoms with Gasteiger partial charge in [-0.25, -0.2) is 12.7 Å². The molecule has 0 saturated carbocycles. The Morgan fingerprint density at radius 3 is 2.67 bits per heavy atom. The summed E-state index contributed by atoms with van der Waals surface area (Å²) in [6, 6.07) is 6.06. The Kier molecular flexibility index (Phi) is 4.69. The van der Waals surface area contributed by atoms with Crippen molar-refractivity contribution in [2.24, 2.45) is 0 Å². The monoisotopic (exact) mass is 271 g/mol. The maximum absolute atomic E-state index is 12.1. The third kappa shape index (κ3) is 3.44. The van der Waals surface area contributed by atoms with Gasteiger partial charge in [-0.05, 0) is 18.2 Å². The molecule has 100 valence electrons. The molecule has 1 aromatic rings. The number of nitrogens with zero attached hydrogens (tertiary/aromatic N) is 1. The molecule has 7 heteroatoms. The topological polar surface area (TPSA) is 92.5 Å². The van der Waals surface area contributed by atoms with E-state index in [1.165, 1.54) is 26.2 Å². The van der Waals surface area contributed by atoms with Crippen molar-refractivity contribution in [2.75, 3.05) is 26.4 Å². The minimum Gasteiger partial charge on any atom is -0.399 e. The van der Waals surface area contributed by atoms with Crippen molar-refractivity contribution in [1.29, 1.82) is 0 Å². The first-order valence-electron chi connectivity index (χ1n) is 5.40. The largest absolute Gasteiger partial charge is 0.399 e. The van der Waals surface area contributed by atoms with Crippen molar-refractivity contribution in [3.63, 3.8) is 0 Å². The van der Waals surface area contributed by atoms with E-state index in [1.807, 2.05) is 0 Å². The summed E-state index contributed by atoms with van der Waals surface area (Å²) in [5.74, 6) is -0.204. The number of sulfonamides is 1. The van der Waals surface area contributed by atoms with E-state index in [-0.39, 0.29) is 23.8 Å². The average molecular weight is 271 g/mol. The summed E-state index contributed by atoms with van der Waals surface area (Å²) in [5, 5.41) is 2.44.